The zero-order chi connectivity index (χ0) is 27.8. The van der Waals surface area contributed by atoms with Crippen molar-refractivity contribution < 1.29 is 28.6 Å². The monoisotopic (exact) mass is 544 g/mol. The number of esters is 1. The summed E-state index contributed by atoms with van der Waals surface area (Å²) >= 11 is 1.16. The van der Waals surface area contributed by atoms with Crippen molar-refractivity contribution in [1.82, 2.24) is 4.57 Å². The molecule has 0 amide bonds. The van der Waals surface area contributed by atoms with Gasteiger partial charge >= 0.3 is 11.9 Å². The van der Waals surface area contributed by atoms with E-state index in [2.05, 4.69) is 4.99 Å². The molecule has 1 atom stereocenters. The second kappa shape index (κ2) is 10.2. The fourth-order valence-corrected chi connectivity index (χ4v) is 5.63. The molecule has 3 heterocycles. The molecule has 0 fully saturated rings. The number of methoxy groups -OCH3 is 2. The summed E-state index contributed by atoms with van der Waals surface area (Å²) in [5, 5.41) is 9.52. The molecule has 9 nitrogen and oxygen atoms in total. The molecule has 5 rings (SSSR count). The zero-order valence-electron chi connectivity index (χ0n) is 21.6. The van der Waals surface area contributed by atoms with Crippen molar-refractivity contribution in [2.24, 2.45) is 4.99 Å². The van der Waals surface area contributed by atoms with Crippen LogP contribution in [0.25, 0.3) is 17.4 Å². The van der Waals surface area contributed by atoms with Crippen LogP contribution in [0.2, 0.25) is 0 Å². The van der Waals surface area contributed by atoms with Crippen LogP contribution in [0, 0.1) is 6.92 Å². The van der Waals surface area contributed by atoms with E-state index >= 15 is 0 Å². The van der Waals surface area contributed by atoms with Crippen molar-refractivity contribution in [2.45, 2.75) is 19.9 Å². The Balaban J connectivity index is 1.66. The smallest absolute Gasteiger partial charge is 0.338 e. The standard InChI is InChI=1S/C29H24N2O7S/c1-15-9-10-17(13-22(15)36-3)25-24(28(35)37-4)16(2)30-29-31(25)26(32)23(39-29)14-18-11-12-21(38-18)19-7-5-6-8-20(19)27(33)34/h5-14,25H,1-4H3,(H,33,34)/b23-14+/t25-/m1/s1. The lowest BCUT2D eigenvalue weighted by molar-refractivity contribution is -0.136. The summed E-state index contributed by atoms with van der Waals surface area (Å²) in [7, 11) is 2.85. The number of hydrogen-bond acceptors (Lipinski definition) is 8. The average molecular weight is 545 g/mol. The molecular weight excluding hydrogens is 520 g/mol. The first-order valence-electron chi connectivity index (χ1n) is 11.9. The summed E-state index contributed by atoms with van der Waals surface area (Å²) in [6, 6.07) is 14.6. The van der Waals surface area contributed by atoms with Crippen molar-refractivity contribution in [3.05, 3.63) is 108 Å². The van der Waals surface area contributed by atoms with Gasteiger partial charge in [0.05, 0.1) is 41.6 Å². The average Bonchev–Trinajstić information content (AvgIpc) is 3.52. The number of carbonyl (C=O) groups excluding carboxylic acids is 1. The number of fused-ring (bicyclic) bond motifs is 1. The van der Waals surface area contributed by atoms with Gasteiger partial charge < -0.3 is 19.0 Å². The molecular formula is C29H24N2O7S. The minimum atomic E-state index is -1.07. The maximum Gasteiger partial charge on any atom is 0.338 e. The fraction of sp³-hybridized carbons (Fsp3) is 0.172. The van der Waals surface area contributed by atoms with Gasteiger partial charge in [-0.15, -0.1) is 0 Å². The number of aryl methyl sites for hydroxylation is 1. The zero-order valence-corrected chi connectivity index (χ0v) is 22.4. The molecule has 0 unspecified atom stereocenters. The molecule has 39 heavy (non-hydrogen) atoms. The molecule has 1 aliphatic heterocycles. The number of furan rings is 1. The van der Waals surface area contributed by atoms with E-state index in [0.717, 1.165) is 16.9 Å². The van der Waals surface area contributed by atoms with Crippen molar-refractivity contribution in [3.63, 3.8) is 0 Å². The van der Waals surface area contributed by atoms with Gasteiger partial charge in [-0.2, -0.15) is 0 Å². The molecule has 2 aromatic carbocycles. The first-order chi connectivity index (χ1) is 18.7. The van der Waals surface area contributed by atoms with Crippen molar-refractivity contribution in [1.29, 1.82) is 0 Å². The highest BCUT2D eigenvalue weighted by molar-refractivity contribution is 7.07. The normalized spacial score (nSPS) is 15.1. The molecule has 2 aromatic heterocycles. The minimum absolute atomic E-state index is 0.108. The Morgan fingerprint density at radius 2 is 1.87 bits per heavy atom. The molecule has 10 heteroatoms. The number of allylic oxidation sites excluding steroid dienone is 1. The van der Waals surface area contributed by atoms with Crippen LogP contribution in [-0.4, -0.2) is 35.8 Å². The van der Waals surface area contributed by atoms with Gasteiger partial charge in [0.25, 0.3) is 5.56 Å². The van der Waals surface area contributed by atoms with E-state index in [0.29, 0.717) is 43.4 Å². The number of carbonyl (C=O) groups is 2. The second-order valence-corrected chi connectivity index (χ2v) is 9.86. The van der Waals surface area contributed by atoms with Gasteiger partial charge in [0, 0.05) is 11.6 Å². The Morgan fingerprint density at radius 1 is 1.10 bits per heavy atom. The molecule has 1 aliphatic rings. The van der Waals surface area contributed by atoms with Gasteiger partial charge in [-0.3, -0.25) is 9.36 Å². The van der Waals surface area contributed by atoms with E-state index < -0.39 is 18.0 Å². The van der Waals surface area contributed by atoms with E-state index in [9.17, 15) is 19.5 Å². The predicted molar refractivity (Wildman–Crippen MR) is 145 cm³/mol. The third-order valence-corrected chi connectivity index (χ3v) is 7.48. The number of aromatic nitrogens is 1. The number of aromatic carboxylic acids is 1. The van der Waals surface area contributed by atoms with Crippen LogP contribution in [0.1, 0.15) is 40.2 Å². The summed E-state index contributed by atoms with van der Waals surface area (Å²) in [5.41, 5.74) is 2.46. The minimum Gasteiger partial charge on any atom is -0.496 e. The van der Waals surface area contributed by atoms with Crippen molar-refractivity contribution in [2.75, 3.05) is 14.2 Å². The van der Waals surface area contributed by atoms with Gasteiger partial charge in [-0.05, 0) is 49.2 Å². The summed E-state index contributed by atoms with van der Waals surface area (Å²) in [6.07, 6.45) is 1.58. The summed E-state index contributed by atoms with van der Waals surface area (Å²) < 4.78 is 18.3. The topological polar surface area (TPSA) is 120 Å². The van der Waals surface area contributed by atoms with E-state index in [4.69, 9.17) is 13.9 Å². The Labute approximate surface area is 226 Å². The van der Waals surface area contributed by atoms with Crippen LogP contribution < -0.4 is 19.6 Å². The molecule has 0 radical (unpaired) electrons. The van der Waals surface area contributed by atoms with Gasteiger partial charge in [0.1, 0.15) is 17.3 Å². The Hall–Kier alpha value is -4.70. The molecule has 0 saturated carbocycles. The number of hydrogen-bond donors (Lipinski definition) is 1. The molecule has 1 N–H and O–H groups in total. The lowest BCUT2D eigenvalue weighted by atomic mass is 9.95. The fourth-order valence-electron chi connectivity index (χ4n) is 4.60. The number of carboxylic acids is 1. The molecule has 0 spiro atoms. The number of benzene rings is 2. The van der Waals surface area contributed by atoms with E-state index in [-0.39, 0.29) is 16.7 Å². The molecule has 0 aliphatic carbocycles. The second-order valence-electron chi connectivity index (χ2n) is 8.86. The van der Waals surface area contributed by atoms with Gasteiger partial charge in [0.2, 0.25) is 0 Å². The highest BCUT2D eigenvalue weighted by atomic mass is 32.1. The van der Waals surface area contributed by atoms with Crippen LogP contribution in [-0.2, 0) is 9.53 Å². The SMILES string of the molecule is COC(=O)C1=C(C)N=c2s/c(=C/c3ccc(-c4ccccc4C(=O)O)o3)c(=O)n2[C@@H]1c1ccc(C)c(OC)c1. The number of thiazole rings is 1. The lowest BCUT2D eigenvalue weighted by Crippen LogP contribution is -2.39. The van der Waals surface area contributed by atoms with E-state index in [1.54, 1.807) is 56.5 Å². The summed E-state index contributed by atoms with van der Waals surface area (Å²) in [4.78, 5) is 43.2. The van der Waals surface area contributed by atoms with Crippen LogP contribution in [0.5, 0.6) is 5.75 Å². The number of nitrogens with zero attached hydrogens (tertiary/aromatic N) is 2. The largest absolute Gasteiger partial charge is 0.496 e. The van der Waals surface area contributed by atoms with E-state index in [1.807, 2.05) is 19.1 Å². The third kappa shape index (κ3) is 4.59. The Bertz CT molecular complexity index is 1840. The van der Waals surface area contributed by atoms with Crippen molar-refractivity contribution in [3.8, 4) is 17.1 Å². The highest BCUT2D eigenvalue weighted by Crippen LogP contribution is 2.33. The van der Waals surface area contributed by atoms with Gasteiger partial charge in [0.15, 0.2) is 4.80 Å². The van der Waals surface area contributed by atoms with Gasteiger partial charge in [-0.25, -0.2) is 14.6 Å². The maximum atomic E-state index is 13.8. The predicted octanol–water partition coefficient (Wildman–Crippen LogP) is 3.68. The number of carboxylic acid groups (broad SMARTS) is 1. The van der Waals surface area contributed by atoms with E-state index in [1.165, 1.54) is 17.7 Å². The molecule has 4 aromatic rings. The molecule has 0 saturated heterocycles. The summed E-state index contributed by atoms with van der Waals surface area (Å²) in [5.74, 6) is -0.295. The lowest BCUT2D eigenvalue weighted by Gasteiger charge is -2.25. The summed E-state index contributed by atoms with van der Waals surface area (Å²) in [6.45, 7) is 3.61. The van der Waals surface area contributed by atoms with Gasteiger partial charge in [-0.1, -0.05) is 41.7 Å². The quantitative estimate of drug-likeness (QED) is 0.368. The Morgan fingerprint density at radius 3 is 2.59 bits per heavy atom. The first-order valence-corrected chi connectivity index (χ1v) is 12.7. The van der Waals surface area contributed by atoms with Crippen LogP contribution in [0.15, 0.2) is 80.1 Å². The van der Waals surface area contributed by atoms with Crippen LogP contribution in [0.4, 0.5) is 0 Å². The third-order valence-electron chi connectivity index (χ3n) is 6.50. The van der Waals surface area contributed by atoms with Crippen molar-refractivity contribution >= 4 is 29.4 Å². The number of ether oxygens (including phenoxy) is 2. The van der Waals surface area contributed by atoms with Crippen LogP contribution in [0.3, 0.4) is 0 Å². The Kier molecular flexibility index (Phi) is 6.80. The number of rotatable bonds is 6. The maximum absolute atomic E-state index is 13.8. The molecule has 0 bridgehead atoms. The highest BCUT2D eigenvalue weighted by Gasteiger charge is 2.33. The molecule has 198 valence electrons. The van der Waals surface area contributed by atoms with Crippen LogP contribution >= 0.6 is 11.3 Å². The first kappa shape index (κ1) is 25.9.